The standard InChI is InChI=1S/C25H29N5O2/c1-17-11-19-15-29(16-21(17)30(19)23-8-7-18(12-26)13-27-23)24(31)14-28-25(9-10-25)20-5-3-4-6-22(20)32-2/h3-8,13,17,19,21,28H,9-11,14-16H2,1-2H3/t17-,19?,21?/m0/s1. The molecule has 1 amide bonds. The molecule has 7 heteroatoms. The quantitative estimate of drug-likeness (QED) is 0.757. The highest BCUT2D eigenvalue weighted by atomic mass is 16.5. The van der Waals surface area contributed by atoms with Crippen LogP contribution in [0.15, 0.2) is 42.6 Å². The molecule has 0 spiro atoms. The number of anilines is 1. The third-order valence-electron chi connectivity index (χ3n) is 7.33. The molecule has 2 aliphatic heterocycles. The Morgan fingerprint density at radius 1 is 1.28 bits per heavy atom. The summed E-state index contributed by atoms with van der Waals surface area (Å²) in [6, 6.07) is 14.5. The highest BCUT2D eigenvalue weighted by Gasteiger charge is 2.48. The first kappa shape index (κ1) is 20.8. The highest BCUT2D eigenvalue weighted by Crippen LogP contribution is 2.48. The van der Waals surface area contributed by atoms with Crippen LogP contribution in [0.3, 0.4) is 0 Å². The van der Waals surface area contributed by atoms with E-state index >= 15 is 0 Å². The topological polar surface area (TPSA) is 81.5 Å². The minimum atomic E-state index is -0.150. The van der Waals surface area contributed by atoms with Crippen molar-refractivity contribution in [3.63, 3.8) is 0 Å². The summed E-state index contributed by atoms with van der Waals surface area (Å²) in [6.07, 6.45) is 4.71. The van der Waals surface area contributed by atoms with Crippen LogP contribution >= 0.6 is 0 Å². The zero-order chi connectivity index (χ0) is 22.3. The van der Waals surface area contributed by atoms with Gasteiger partial charge in [-0.2, -0.15) is 5.26 Å². The van der Waals surface area contributed by atoms with Crippen LogP contribution in [0, 0.1) is 17.2 Å². The Balaban J connectivity index is 1.25. The van der Waals surface area contributed by atoms with Crippen molar-refractivity contribution in [1.29, 1.82) is 5.26 Å². The van der Waals surface area contributed by atoms with Gasteiger partial charge >= 0.3 is 0 Å². The van der Waals surface area contributed by atoms with E-state index in [2.05, 4.69) is 34.3 Å². The number of methoxy groups -OCH3 is 1. The monoisotopic (exact) mass is 431 g/mol. The van der Waals surface area contributed by atoms with Crippen LogP contribution < -0.4 is 15.0 Å². The number of ether oxygens (including phenoxy) is 1. The van der Waals surface area contributed by atoms with Crippen LogP contribution in [0.5, 0.6) is 5.75 Å². The number of benzene rings is 1. The number of carbonyl (C=O) groups is 1. The van der Waals surface area contributed by atoms with Gasteiger partial charge in [0, 0.05) is 36.4 Å². The molecule has 1 saturated carbocycles. The van der Waals surface area contributed by atoms with E-state index in [1.165, 1.54) is 0 Å². The van der Waals surface area contributed by atoms with E-state index in [9.17, 15) is 4.79 Å². The van der Waals surface area contributed by atoms with Crippen molar-refractivity contribution in [3.05, 3.63) is 53.7 Å². The van der Waals surface area contributed by atoms with E-state index in [0.29, 0.717) is 31.1 Å². The number of aromatic nitrogens is 1. The van der Waals surface area contributed by atoms with Crippen LogP contribution in [0.1, 0.15) is 37.3 Å². The largest absolute Gasteiger partial charge is 0.496 e. The number of pyridine rings is 1. The molecule has 0 radical (unpaired) electrons. The molecule has 166 valence electrons. The molecule has 3 fully saturated rings. The van der Waals surface area contributed by atoms with Crippen LogP contribution in [-0.4, -0.2) is 54.6 Å². The van der Waals surface area contributed by atoms with Gasteiger partial charge in [0.1, 0.15) is 17.6 Å². The smallest absolute Gasteiger partial charge is 0.236 e. The molecule has 1 N–H and O–H groups in total. The lowest BCUT2D eigenvalue weighted by molar-refractivity contribution is -0.131. The number of fused-ring (bicyclic) bond motifs is 2. The van der Waals surface area contributed by atoms with Gasteiger partial charge in [-0.25, -0.2) is 4.98 Å². The van der Waals surface area contributed by atoms with Crippen molar-refractivity contribution >= 4 is 11.7 Å². The third-order valence-corrected chi connectivity index (χ3v) is 7.33. The van der Waals surface area contributed by atoms with Gasteiger partial charge in [0.15, 0.2) is 0 Å². The van der Waals surface area contributed by atoms with Crippen molar-refractivity contribution in [2.24, 2.45) is 5.92 Å². The number of carbonyl (C=O) groups excluding carboxylic acids is 1. The molecule has 2 unspecified atom stereocenters. The maximum Gasteiger partial charge on any atom is 0.236 e. The SMILES string of the molecule is COc1ccccc1C1(NCC(=O)N2CC3C[C@H](C)C(C2)N3c2ccc(C#N)cn2)CC1. The lowest BCUT2D eigenvalue weighted by atomic mass is 10.0. The number of nitriles is 1. The first-order valence-corrected chi connectivity index (χ1v) is 11.4. The second kappa shape index (κ2) is 8.10. The molecule has 2 bridgehead atoms. The van der Waals surface area contributed by atoms with Gasteiger partial charge in [-0.05, 0) is 43.4 Å². The summed E-state index contributed by atoms with van der Waals surface area (Å²) in [5.41, 5.74) is 1.56. The lowest BCUT2D eigenvalue weighted by Gasteiger charge is -2.42. The Kier molecular flexibility index (Phi) is 5.26. The summed E-state index contributed by atoms with van der Waals surface area (Å²) in [7, 11) is 1.69. The molecule has 5 rings (SSSR count). The highest BCUT2D eigenvalue weighted by molar-refractivity contribution is 5.79. The average Bonchev–Trinajstić information content (AvgIpc) is 3.59. The van der Waals surface area contributed by atoms with E-state index < -0.39 is 0 Å². The van der Waals surface area contributed by atoms with E-state index in [-0.39, 0.29) is 23.5 Å². The van der Waals surface area contributed by atoms with Crippen LogP contribution in [0.25, 0.3) is 0 Å². The van der Waals surface area contributed by atoms with E-state index in [0.717, 1.165) is 36.4 Å². The fourth-order valence-corrected chi connectivity index (χ4v) is 5.46. The van der Waals surface area contributed by atoms with Crippen molar-refractivity contribution in [1.82, 2.24) is 15.2 Å². The van der Waals surface area contributed by atoms with Crippen molar-refractivity contribution < 1.29 is 9.53 Å². The number of hydrogen-bond acceptors (Lipinski definition) is 6. The number of para-hydroxylation sites is 1. The van der Waals surface area contributed by atoms with Gasteiger partial charge in [-0.3, -0.25) is 10.1 Å². The summed E-state index contributed by atoms with van der Waals surface area (Å²) >= 11 is 0. The molecule has 3 atom stereocenters. The van der Waals surface area contributed by atoms with Gasteiger partial charge in [0.25, 0.3) is 0 Å². The van der Waals surface area contributed by atoms with Crippen LogP contribution in [-0.2, 0) is 10.3 Å². The van der Waals surface area contributed by atoms with Gasteiger partial charge in [-0.15, -0.1) is 0 Å². The van der Waals surface area contributed by atoms with Crippen LogP contribution in [0.2, 0.25) is 0 Å². The molecule has 7 nitrogen and oxygen atoms in total. The average molecular weight is 432 g/mol. The summed E-state index contributed by atoms with van der Waals surface area (Å²) in [5.74, 6) is 2.43. The number of hydrogen-bond donors (Lipinski definition) is 1. The van der Waals surface area contributed by atoms with Gasteiger partial charge < -0.3 is 14.5 Å². The predicted octanol–water partition coefficient (Wildman–Crippen LogP) is 2.67. The summed E-state index contributed by atoms with van der Waals surface area (Å²) in [6.45, 7) is 4.02. The zero-order valence-corrected chi connectivity index (χ0v) is 18.6. The second-order valence-corrected chi connectivity index (χ2v) is 9.29. The Morgan fingerprint density at radius 3 is 2.75 bits per heavy atom. The predicted molar refractivity (Wildman–Crippen MR) is 121 cm³/mol. The molecule has 3 heterocycles. The Bertz CT molecular complexity index is 1040. The maximum absolute atomic E-state index is 13.2. The van der Waals surface area contributed by atoms with Crippen molar-refractivity contribution in [3.8, 4) is 11.8 Å². The molecule has 1 aliphatic carbocycles. The molecular weight excluding hydrogens is 402 g/mol. The number of nitrogens with zero attached hydrogens (tertiary/aromatic N) is 4. The number of piperazine rings is 1. The number of nitrogens with one attached hydrogen (secondary N) is 1. The zero-order valence-electron chi connectivity index (χ0n) is 18.6. The molecule has 32 heavy (non-hydrogen) atoms. The molecule has 1 aromatic heterocycles. The number of amides is 1. The molecule has 2 saturated heterocycles. The van der Waals surface area contributed by atoms with E-state index in [4.69, 9.17) is 10.00 Å². The van der Waals surface area contributed by atoms with Gasteiger partial charge in [0.05, 0.1) is 25.3 Å². The van der Waals surface area contributed by atoms with Crippen molar-refractivity contribution in [2.45, 2.75) is 43.8 Å². The molecule has 1 aromatic carbocycles. The Hall–Kier alpha value is -3.11. The van der Waals surface area contributed by atoms with Crippen molar-refractivity contribution in [2.75, 3.05) is 31.6 Å². The lowest BCUT2D eigenvalue weighted by Crippen LogP contribution is -2.58. The minimum absolute atomic E-state index is 0.150. The first-order valence-electron chi connectivity index (χ1n) is 11.4. The molecule has 3 aliphatic rings. The summed E-state index contributed by atoms with van der Waals surface area (Å²) in [4.78, 5) is 22.1. The first-order chi connectivity index (χ1) is 15.5. The Labute approximate surface area is 189 Å². The van der Waals surface area contributed by atoms with Gasteiger partial charge in [0.2, 0.25) is 5.91 Å². The maximum atomic E-state index is 13.2. The third kappa shape index (κ3) is 3.59. The van der Waals surface area contributed by atoms with Gasteiger partial charge in [-0.1, -0.05) is 25.1 Å². The fourth-order valence-electron chi connectivity index (χ4n) is 5.46. The molecular formula is C25H29N5O2. The summed E-state index contributed by atoms with van der Waals surface area (Å²) < 4.78 is 5.55. The van der Waals surface area contributed by atoms with Crippen LogP contribution in [0.4, 0.5) is 5.82 Å². The Morgan fingerprint density at radius 2 is 2.09 bits per heavy atom. The normalized spacial score (nSPS) is 25.3. The van der Waals surface area contributed by atoms with E-state index in [1.807, 2.05) is 35.2 Å². The van der Waals surface area contributed by atoms with E-state index in [1.54, 1.807) is 13.3 Å². The fraction of sp³-hybridized carbons (Fsp3) is 0.480. The summed E-state index contributed by atoms with van der Waals surface area (Å²) in [5, 5.41) is 12.6. The minimum Gasteiger partial charge on any atom is -0.496 e. The second-order valence-electron chi connectivity index (χ2n) is 9.29. The number of rotatable bonds is 6. The number of likely N-dealkylation sites (tertiary alicyclic amines) is 1. The molecule has 2 aromatic rings.